The van der Waals surface area contributed by atoms with Gasteiger partial charge in [-0.3, -0.25) is 0 Å². The number of aromatic amines is 1. The molecule has 0 radical (unpaired) electrons. The molecule has 0 aromatic carbocycles. The van der Waals surface area contributed by atoms with E-state index in [1.165, 1.54) is 0 Å². The van der Waals surface area contributed by atoms with Gasteiger partial charge >= 0.3 is 0 Å². The molecule has 3 heteroatoms. The van der Waals surface area contributed by atoms with Crippen molar-refractivity contribution in [1.82, 2.24) is 9.97 Å². The van der Waals surface area contributed by atoms with Crippen LogP contribution in [0.1, 0.15) is 25.8 Å². The van der Waals surface area contributed by atoms with Crippen molar-refractivity contribution in [3.63, 3.8) is 0 Å². The Kier molecular flexibility index (Phi) is 2.04. The largest absolute Gasteiger partial charge is 0.346 e. The van der Waals surface area contributed by atoms with E-state index >= 15 is 0 Å². The van der Waals surface area contributed by atoms with E-state index in [1.54, 1.807) is 12.4 Å². The van der Waals surface area contributed by atoms with Gasteiger partial charge in [0.25, 0.3) is 0 Å². The third-order valence-electron chi connectivity index (χ3n) is 1.37. The smallest absolute Gasteiger partial charge is 0.160 e. The normalized spacial score (nSPS) is 14.0. The van der Waals surface area contributed by atoms with Crippen molar-refractivity contribution < 1.29 is 4.39 Å². The van der Waals surface area contributed by atoms with Crippen molar-refractivity contribution in [2.75, 3.05) is 0 Å². The lowest BCUT2D eigenvalue weighted by molar-refractivity contribution is 0.250. The third-order valence-corrected chi connectivity index (χ3v) is 1.37. The summed E-state index contributed by atoms with van der Waals surface area (Å²) < 4.78 is 13.0. The van der Waals surface area contributed by atoms with Crippen LogP contribution in [0.5, 0.6) is 0 Å². The summed E-state index contributed by atoms with van der Waals surface area (Å²) in [6, 6.07) is 0. The molecular formula is C7H11FN2. The van der Waals surface area contributed by atoms with Crippen LogP contribution in [0.3, 0.4) is 0 Å². The highest BCUT2D eigenvalue weighted by Crippen LogP contribution is 2.21. The van der Waals surface area contributed by atoms with Crippen LogP contribution in [-0.4, -0.2) is 9.97 Å². The maximum Gasteiger partial charge on any atom is 0.160 e. The molecule has 0 saturated heterocycles. The second-order valence-corrected chi connectivity index (χ2v) is 2.62. The van der Waals surface area contributed by atoms with E-state index in [0.29, 0.717) is 5.82 Å². The van der Waals surface area contributed by atoms with Crippen molar-refractivity contribution in [2.24, 2.45) is 5.92 Å². The number of hydrogen-bond acceptors (Lipinski definition) is 1. The molecule has 1 N–H and O–H groups in total. The molecule has 1 heterocycles. The Hall–Kier alpha value is -0.860. The standard InChI is InChI=1S/C7H11FN2/c1-5(2)6(8)7-9-3-4-10-7/h3-6H,1-2H3,(H,9,10). The Morgan fingerprint density at radius 1 is 1.60 bits per heavy atom. The van der Waals surface area contributed by atoms with Gasteiger partial charge in [-0.1, -0.05) is 13.8 Å². The molecule has 1 atom stereocenters. The van der Waals surface area contributed by atoms with E-state index in [9.17, 15) is 4.39 Å². The number of H-pyrrole nitrogens is 1. The molecule has 0 fully saturated rings. The van der Waals surface area contributed by atoms with Crippen LogP contribution < -0.4 is 0 Å². The van der Waals surface area contributed by atoms with E-state index < -0.39 is 6.17 Å². The Labute approximate surface area is 59.5 Å². The summed E-state index contributed by atoms with van der Waals surface area (Å²) in [5.41, 5.74) is 0. The Morgan fingerprint density at radius 2 is 2.30 bits per heavy atom. The van der Waals surface area contributed by atoms with Crippen LogP contribution in [0.4, 0.5) is 4.39 Å². The SMILES string of the molecule is CC(C)C(F)c1ncc[nH]1. The van der Waals surface area contributed by atoms with Crippen LogP contribution >= 0.6 is 0 Å². The number of hydrogen-bond donors (Lipinski definition) is 1. The zero-order valence-electron chi connectivity index (χ0n) is 6.13. The van der Waals surface area contributed by atoms with Gasteiger partial charge in [0.1, 0.15) is 5.82 Å². The van der Waals surface area contributed by atoms with Gasteiger partial charge in [0.15, 0.2) is 6.17 Å². The first-order valence-corrected chi connectivity index (χ1v) is 3.35. The average molecular weight is 142 g/mol. The summed E-state index contributed by atoms with van der Waals surface area (Å²) in [6.45, 7) is 3.65. The molecule has 1 aromatic heterocycles. The maximum atomic E-state index is 13.0. The minimum atomic E-state index is -0.963. The monoisotopic (exact) mass is 142 g/mol. The van der Waals surface area contributed by atoms with Crippen molar-refractivity contribution in [3.8, 4) is 0 Å². The van der Waals surface area contributed by atoms with Crippen LogP contribution in [-0.2, 0) is 0 Å². The quantitative estimate of drug-likeness (QED) is 0.672. The predicted octanol–water partition coefficient (Wildman–Crippen LogP) is 2.08. The second-order valence-electron chi connectivity index (χ2n) is 2.62. The second kappa shape index (κ2) is 2.82. The summed E-state index contributed by atoms with van der Waals surface area (Å²) in [6.07, 6.45) is 2.23. The van der Waals surface area contributed by atoms with Gasteiger partial charge in [0, 0.05) is 12.4 Å². The van der Waals surface area contributed by atoms with Gasteiger partial charge in [0.2, 0.25) is 0 Å². The lowest BCUT2D eigenvalue weighted by atomic mass is 10.1. The summed E-state index contributed by atoms with van der Waals surface area (Å²) >= 11 is 0. The molecule has 56 valence electrons. The van der Waals surface area contributed by atoms with Crippen molar-refractivity contribution in [1.29, 1.82) is 0 Å². The highest BCUT2D eigenvalue weighted by molar-refractivity contribution is 4.92. The Morgan fingerprint density at radius 3 is 2.70 bits per heavy atom. The van der Waals surface area contributed by atoms with Crippen molar-refractivity contribution in [2.45, 2.75) is 20.0 Å². The molecule has 0 amide bonds. The molecule has 0 aliphatic carbocycles. The first-order chi connectivity index (χ1) is 4.72. The lowest BCUT2D eigenvalue weighted by Gasteiger charge is -2.07. The predicted molar refractivity (Wildman–Crippen MR) is 37.3 cm³/mol. The Bertz CT molecular complexity index is 181. The zero-order valence-corrected chi connectivity index (χ0v) is 6.13. The van der Waals surface area contributed by atoms with Gasteiger partial charge in [-0.25, -0.2) is 9.37 Å². The van der Waals surface area contributed by atoms with E-state index in [4.69, 9.17) is 0 Å². The Balaban J connectivity index is 2.68. The summed E-state index contributed by atoms with van der Waals surface area (Å²) in [4.78, 5) is 6.54. The highest BCUT2D eigenvalue weighted by Gasteiger charge is 2.15. The first kappa shape index (κ1) is 7.25. The van der Waals surface area contributed by atoms with E-state index in [1.807, 2.05) is 13.8 Å². The number of nitrogens with zero attached hydrogens (tertiary/aromatic N) is 1. The fraction of sp³-hybridized carbons (Fsp3) is 0.571. The van der Waals surface area contributed by atoms with Crippen molar-refractivity contribution >= 4 is 0 Å². The molecule has 2 nitrogen and oxygen atoms in total. The highest BCUT2D eigenvalue weighted by atomic mass is 19.1. The minimum Gasteiger partial charge on any atom is -0.346 e. The molecule has 0 aliphatic heterocycles. The number of rotatable bonds is 2. The molecule has 10 heavy (non-hydrogen) atoms. The lowest BCUT2D eigenvalue weighted by Crippen LogP contribution is -2.01. The number of nitrogens with one attached hydrogen (secondary N) is 1. The fourth-order valence-electron chi connectivity index (χ4n) is 0.744. The fourth-order valence-corrected chi connectivity index (χ4v) is 0.744. The van der Waals surface area contributed by atoms with Gasteiger partial charge in [-0.05, 0) is 5.92 Å². The molecule has 0 saturated carbocycles. The van der Waals surface area contributed by atoms with Crippen molar-refractivity contribution in [3.05, 3.63) is 18.2 Å². The topological polar surface area (TPSA) is 28.7 Å². The molecule has 0 aliphatic rings. The van der Waals surface area contributed by atoms with Crippen LogP contribution in [0.2, 0.25) is 0 Å². The molecule has 0 bridgehead atoms. The minimum absolute atomic E-state index is 0.00819. The summed E-state index contributed by atoms with van der Waals surface area (Å²) in [5.74, 6) is 0.418. The van der Waals surface area contributed by atoms with Gasteiger partial charge in [-0.15, -0.1) is 0 Å². The molecular weight excluding hydrogens is 131 g/mol. The van der Waals surface area contributed by atoms with Gasteiger partial charge < -0.3 is 4.98 Å². The van der Waals surface area contributed by atoms with E-state index in [2.05, 4.69) is 9.97 Å². The summed E-state index contributed by atoms with van der Waals surface area (Å²) in [5, 5.41) is 0. The van der Waals surface area contributed by atoms with Crippen LogP contribution in [0.25, 0.3) is 0 Å². The molecule has 0 spiro atoms. The average Bonchev–Trinajstić information content (AvgIpc) is 2.36. The maximum absolute atomic E-state index is 13.0. The molecule has 1 rings (SSSR count). The number of imidazole rings is 1. The third kappa shape index (κ3) is 1.35. The van der Waals surface area contributed by atoms with E-state index in [-0.39, 0.29) is 5.92 Å². The zero-order chi connectivity index (χ0) is 7.56. The van der Waals surface area contributed by atoms with Crippen LogP contribution in [0.15, 0.2) is 12.4 Å². The number of halogens is 1. The molecule has 1 aromatic rings. The number of alkyl halides is 1. The van der Waals surface area contributed by atoms with Crippen LogP contribution in [0, 0.1) is 5.92 Å². The summed E-state index contributed by atoms with van der Waals surface area (Å²) in [7, 11) is 0. The van der Waals surface area contributed by atoms with E-state index in [0.717, 1.165) is 0 Å². The van der Waals surface area contributed by atoms with Gasteiger partial charge in [-0.2, -0.15) is 0 Å². The number of aromatic nitrogens is 2. The molecule has 1 unspecified atom stereocenters. The first-order valence-electron chi connectivity index (χ1n) is 3.35. The van der Waals surface area contributed by atoms with Gasteiger partial charge in [0.05, 0.1) is 0 Å².